The van der Waals surface area contributed by atoms with Gasteiger partial charge in [-0.25, -0.2) is 4.39 Å². The van der Waals surface area contributed by atoms with Crippen LogP contribution in [-0.4, -0.2) is 11.7 Å². The van der Waals surface area contributed by atoms with Crippen molar-refractivity contribution in [1.29, 1.82) is 0 Å². The van der Waals surface area contributed by atoms with Gasteiger partial charge in [0.1, 0.15) is 5.82 Å². The standard InChI is InChI=1S/C14H12Cl2FNO/c15-10-5-11(16)7-13(6-10)18-8-14(19)9-1-3-12(17)4-2-9/h1-7,14,18-19H,8H2. The van der Waals surface area contributed by atoms with E-state index in [1.807, 2.05) is 0 Å². The molecule has 2 nitrogen and oxygen atoms in total. The third kappa shape index (κ3) is 4.10. The van der Waals surface area contributed by atoms with Crippen molar-refractivity contribution in [1.82, 2.24) is 0 Å². The highest BCUT2D eigenvalue weighted by Crippen LogP contribution is 2.23. The summed E-state index contributed by atoms with van der Waals surface area (Å²) in [5.74, 6) is -0.328. The Morgan fingerprint density at radius 2 is 1.63 bits per heavy atom. The second-order valence-corrected chi connectivity index (χ2v) is 4.98. The first-order valence-corrected chi connectivity index (χ1v) is 6.43. The van der Waals surface area contributed by atoms with Gasteiger partial charge in [0, 0.05) is 22.3 Å². The largest absolute Gasteiger partial charge is 0.387 e. The Hall–Kier alpha value is -1.29. The molecule has 0 bridgehead atoms. The molecule has 0 spiro atoms. The van der Waals surface area contributed by atoms with Crippen molar-refractivity contribution in [2.75, 3.05) is 11.9 Å². The van der Waals surface area contributed by atoms with Gasteiger partial charge in [-0.05, 0) is 35.9 Å². The van der Waals surface area contributed by atoms with E-state index >= 15 is 0 Å². The minimum absolute atomic E-state index is 0.280. The molecule has 0 saturated carbocycles. The molecular formula is C14H12Cl2FNO. The molecule has 2 aromatic carbocycles. The van der Waals surface area contributed by atoms with Crippen molar-refractivity contribution >= 4 is 28.9 Å². The Kier molecular flexibility index (Phi) is 4.64. The fraction of sp³-hybridized carbons (Fsp3) is 0.143. The van der Waals surface area contributed by atoms with E-state index in [4.69, 9.17) is 23.2 Å². The van der Waals surface area contributed by atoms with Crippen LogP contribution in [0.3, 0.4) is 0 Å². The smallest absolute Gasteiger partial charge is 0.123 e. The molecule has 0 aromatic heterocycles. The predicted molar refractivity (Wildman–Crippen MR) is 76.3 cm³/mol. The number of halogens is 3. The maximum absolute atomic E-state index is 12.8. The lowest BCUT2D eigenvalue weighted by atomic mass is 10.1. The van der Waals surface area contributed by atoms with Gasteiger partial charge in [0.2, 0.25) is 0 Å². The molecule has 2 rings (SSSR count). The van der Waals surface area contributed by atoms with E-state index in [1.54, 1.807) is 30.3 Å². The van der Waals surface area contributed by atoms with Crippen LogP contribution in [0.25, 0.3) is 0 Å². The lowest BCUT2D eigenvalue weighted by Crippen LogP contribution is -2.12. The molecular weight excluding hydrogens is 288 g/mol. The number of hydrogen-bond acceptors (Lipinski definition) is 2. The van der Waals surface area contributed by atoms with E-state index in [0.717, 1.165) is 5.69 Å². The Balaban J connectivity index is 1.99. The topological polar surface area (TPSA) is 32.3 Å². The molecule has 1 unspecified atom stereocenters. The summed E-state index contributed by atoms with van der Waals surface area (Å²) >= 11 is 11.7. The summed E-state index contributed by atoms with van der Waals surface area (Å²) in [6.45, 7) is 0.280. The van der Waals surface area contributed by atoms with Gasteiger partial charge in [-0.3, -0.25) is 0 Å². The molecule has 5 heteroatoms. The van der Waals surface area contributed by atoms with Crippen LogP contribution in [0.2, 0.25) is 10.0 Å². The summed E-state index contributed by atoms with van der Waals surface area (Å²) in [6, 6.07) is 10.8. The number of aliphatic hydroxyl groups is 1. The van der Waals surface area contributed by atoms with Crippen molar-refractivity contribution in [3.8, 4) is 0 Å². The number of anilines is 1. The predicted octanol–water partition coefficient (Wildman–Crippen LogP) is 4.28. The molecule has 0 amide bonds. The maximum Gasteiger partial charge on any atom is 0.123 e. The zero-order chi connectivity index (χ0) is 13.8. The Morgan fingerprint density at radius 1 is 1.05 bits per heavy atom. The average molecular weight is 300 g/mol. The summed E-state index contributed by atoms with van der Waals surface area (Å²) in [4.78, 5) is 0. The highest BCUT2D eigenvalue weighted by atomic mass is 35.5. The summed E-state index contributed by atoms with van der Waals surface area (Å²) in [7, 11) is 0. The summed E-state index contributed by atoms with van der Waals surface area (Å²) in [5.41, 5.74) is 1.36. The molecule has 19 heavy (non-hydrogen) atoms. The van der Waals surface area contributed by atoms with Crippen molar-refractivity contribution in [3.63, 3.8) is 0 Å². The second-order valence-electron chi connectivity index (χ2n) is 4.11. The Morgan fingerprint density at radius 3 is 2.21 bits per heavy atom. The molecule has 0 fully saturated rings. The number of rotatable bonds is 4. The molecule has 0 heterocycles. The number of benzene rings is 2. The van der Waals surface area contributed by atoms with Crippen molar-refractivity contribution in [2.45, 2.75) is 6.10 Å². The van der Waals surface area contributed by atoms with E-state index in [2.05, 4.69) is 5.32 Å². The van der Waals surface area contributed by atoms with Crippen LogP contribution in [0.15, 0.2) is 42.5 Å². The highest BCUT2D eigenvalue weighted by Gasteiger charge is 2.07. The molecule has 2 N–H and O–H groups in total. The number of nitrogens with one attached hydrogen (secondary N) is 1. The summed E-state index contributed by atoms with van der Waals surface area (Å²) < 4.78 is 12.8. The van der Waals surface area contributed by atoms with Crippen molar-refractivity contribution in [2.24, 2.45) is 0 Å². The van der Waals surface area contributed by atoms with Gasteiger partial charge in [0.15, 0.2) is 0 Å². The van der Waals surface area contributed by atoms with E-state index < -0.39 is 6.10 Å². The Bertz CT molecular complexity index is 540. The second kappa shape index (κ2) is 6.24. The van der Waals surface area contributed by atoms with Gasteiger partial charge in [-0.15, -0.1) is 0 Å². The monoisotopic (exact) mass is 299 g/mol. The number of aliphatic hydroxyl groups excluding tert-OH is 1. The summed E-state index contributed by atoms with van der Waals surface area (Å²) in [5, 5.41) is 14.0. The minimum atomic E-state index is -0.738. The van der Waals surface area contributed by atoms with Crippen LogP contribution < -0.4 is 5.32 Å². The molecule has 1 atom stereocenters. The first kappa shape index (κ1) is 14.1. The molecule has 0 aliphatic heterocycles. The molecule has 2 aromatic rings. The fourth-order valence-electron chi connectivity index (χ4n) is 1.67. The van der Waals surface area contributed by atoms with Crippen LogP contribution >= 0.6 is 23.2 Å². The lowest BCUT2D eigenvalue weighted by Gasteiger charge is -2.13. The van der Waals surface area contributed by atoms with Crippen LogP contribution in [-0.2, 0) is 0 Å². The van der Waals surface area contributed by atoms with Gasteiger partial charge in [0.05, 0.1) is 6.10 Å². The highest BCUT2D eigenvalue weighted by molar-refractivity contribution is 6.35. The van der Waals surface area contributed by atoms with Gasteiger partial charge >= 0.3 is 0 Å². The maximum atomic E-state index is 12.8. The minimum Gasteiger partial charge on any atom is -0.387 e. The van der Waals surface area contributed by atoms with E-state index in [-0.39, 0.29) is 12.4 Å². The normalized spacial score (nSPS) is 12.2. The molecule has 0 saturated heterocycles. The van der Waals surface area contributed by atoms with Crippen LogP contribution in [0.5, 0.6) is 0 Å². The van der Waals surface area contributed by atoms with Crippen LogP contribution in [0.4, 0.5) is 10.1 Å². The lowest BCUT2D eigenvalue weighted by molar-refractivity contribution is 0.191. The van der Waals surface area contributed by atoms with Gasteiger partial charge in [-0.2, -0.15) is 0 Å². The zero-order valence-corrected chi connectivity index (χ0v) is 11.4. The van der Waals surface area contributed by atoms with Gasteiger partial charge < -0.3 is 10.4 Å². The molecule has 0 aliphatic rings. The average Bonchev–Trinajstić information content (AvgIpc) is 2.36. The fourth-order valence-corrected chi connectivity index (χ4v) is 2.20. The molecule has 0 radical (unpaired) electrons. The quantitative estimate of drug-likeness (QED) is 0.883. The first-order chi connectivity index (χ1) is 9.04. The van der Waals surface area contributed by atoms with Crippen LogP contribution in [0.1, 0.15) is 11.7 Å². The first-order valence-electron chi connectivity index (χ1n) is 5.68. The third-order valence-corrected chi connectivity index (χ3v) is 3.05. The van der Waals surface area contributed by atoms with Crippen molar-refractivity contribution in [3.05, 3.63) is 63.9 Å². The van der Waals surface area contributed by atoms with E-state index in [1.165, 1.54) is 12.1 Å². The van der Waals surface area contributed by atoms with E-state index in [9.17, 15) is 9.50 Å². The molecule has 100 valence electrons. The SMILES string of the molecule is OC(CNc1cc(Cl)cc(Cl)c1)c1ccc(F)cc1. The van der Waals surface area contributed by atoms with Crippen molar-refractivity contribution < 1.29 is 9.50 Å². The number of hydrogen-bond donors (Lipinski definition) is 2. The summed E-state index contributed by atoms with van der Waals surface area (Å²) in [6.07, 6.45) is -0.738. The van der Waals surface area contributed by atoms with Gasteiger partial charge in [0.25, 0.3) is 0 Å². The third-order valence-electron chi connectivity index (χ3n) is 2.62. The zero-order valence-electron chi connectivity index (χ0n) is 9.91. The van der Waals surface area contributed by atoms with Gasteiger partial charge in [-0.1, -0.05) is 35.3 Å². The molecule has 0 aliphatic carbocycles. The Labute approximate surface area is 120 Å². The van der Waals surface area contributed by atoms with Crippen LogP contribution in [0, 0.1) is 5.82 Å². The van der Waals surface area contributed by atoms with E-state index in [0.29, 0.717) is 15.6 Å².